The second-order valence-corrected chi connectivity index (χ2v) is 12.0. The number of benzene rings is 1. The van der Waals surface area contributed by atoms with Gasteiger partial charge in [-0.2, -0.15) is 0 Å². The van der Waals surface area contributed by atoms with E-state index in [2.05, 4.69) is 5.32 Å². The van der Waals surface area contributed by atoms with E-state index in [-0.39, 0.29) is 6.61 Å². The number of carbonyl (C=O) groups excluding carboxylic acids is 7. The maximum atomic E-state index is 13.4. The number of nitrogens with zero attached hydrogens (tertiary/aromatic N) is 1. The molecule has 1 aliphatic heterocycles. The number of carbonyl (C=O) groups is 7. The first kappa shape index (κ1) is 39.6. The normalized spacial score (nSPS) is 21.8. The molecule has 1 aromatic carbocycles. The number of nitrogens with one attached hydrogen (secondary N) is 1. The topological polar surface area (TPSA) is 199 Å². The molecule has 3 amide bonds. The minimum Gasteiger partial charge on any atom is -0.463 e. The van der Waals surface area contributed by atoms with Gasteiger partial charge in [-0.1, -0.05) is 30.3 Å². The number of ether oxygens (including phenoxy) is 7. The van der Waals surface area contributed by atoms with Crippen molar-refractivity contribution in [2.75, 3.05) is 6.61 Å². The van der Waals surface area contributed by atoms with Crippen molar-refractivity contribution in [1.82, 2.24) is 10.2 Å². The van der Waals surface area contributed by atoms with Crippen molar-refractivity contribution < 1.29 is 66.7 Å². The zero-order chi connectivity index (χ0) is 36.3. The third-order valence-electron chi connectivity index (χ3n) is 6.61. The van der Waals surface area contributed by atoms with Gasteiger partial charge in [-0.25, -0.2) is 9.59 Å². The van der Waals surface area contributed by atoms with Crippen molar-refractivity contribution in [1.29, 1.82) is 0 Å². The molecule has 0 spiro atoms. The molecular formula is C32H44N2O14. The third kappa shape index (κ3) is 12.2. The Labute approximate surface area is 278 Å². The number of hydrogen-bond acceptors (Lipinski definition) is 14. The fraction of sp³-hybridized carbons (Fsp3) is 0.594. The zero-order valence-electron chi connectivity index (χ0n) is 28.5. The smallest absolute Gasteiger partial charge is 0.408 e. The van der Waals surface area contributed by atoms with Crippen molar-refractivity contribution in [3.05, 3.63) is 35.9 Å². The van der Waals surface area contributed by atoms with Crippen LogP contribution in [0.25, 0.3) is 0 Å². The van der Waals surface area contributed by atoms with Gasteiger partial charge >= 0.3 is 30.0 Å². The predicted octanol–water partition coefficient (Wildman–Crippen LogP) is 1.94. The van der Waals surface area contributed by atoms with Crippen LogP contribution in [-0.4, -0.2) is 102 Å². The first-order valence-electron chi connectivity index (χ1n) is 15.1. The summed E-state index contributed by atoms with van der Waals surface area (Å²) in [4.78, 5) is 88.8. The summed E-state index contributed by atoms with van der Waals surface area (Å²) in [7, 11) is 0. The fourth-order valence-electron chi connectivity index (χ4n) is 4.82. The first-order valence-corrected chi connectivity index (χ1v) is 15.1. The molecular weight excluding hydrogens is 636 g/mol. The summed E-state index contributed by atoms with van der Waals surface area (Å²) in [6.07, 6.45) is -8.51. The Morgan fingerprint density at radius 1 is 0.833 bits per heavy atom. The number of amides is 3. The molecule has 7 atom stereocenters. The highest BCUT2D eigenvalue weighted by atomic mass is 16.7. The van der Waals surface area contributed by atoms with E-state index in [9.17, 15) is 33.6 Å². The molecule has 1 saturated heterocycles. The van der Waals surface area contributed by atoms with Crippen LogP contribution in [-0.2, 0) is 68.5 Å². The summed E-state index contributed by atoms with van der Waals surface area (Å²) < 4.78 is 39.0. The van der Waals surface area contributed by atoms with Crippen LogP contribution in [0.3, 0.4) is 0 Å². The van der Waals surface area contributed by atoms with Gasteiger partial charge in [0.2, 0.25) is 11.8 Å². The number of rotatable bonds is 12. The van der Waals surface area contributed by atoms with Gasteiger partial charge in [0.05, 0.1) is 6.10 Å². The largest absolute Gasteiger partial charge is 0.463 e. The molecule has 1 N–H and O–H groups in total. The molecule has 1 heterocycles. The van der Waals surface area contributed by atoms with E-state index in [0.717, 1.165) is 34.6 Å². The molecule has 16 heteroatoms. The van der Waals surface area contributed by atoms with Gasteiger partial charge in [-0.15, -0.1) is 0 Å². The molecule has 48 heavy (non-hydrogen) atoms. The van der Waals surface area contributed by atoms with Crippen LogP contribution < -0.4 is 5.32 Å². The SMILES string of the molecule is CC(=O)OC[C@H]1O[C@@H](O[C@H](C)[C@H](NC(=O)OC(C)(C)C)C(=O)OCc2ccccc2)[C@H](N(C(C)=O)C(C)=O)[C@@H](OC(C)=O)[C@@H]1OC(C)=O. The molecule has 0 radical (unpaired) electrons. The lowest BCUT2D eigenvalue weighted by Crippen LogP contribution is -2.69. The molecule has 1 fully saturated rings. The van der Waals surface area contributed by atoms with E-state index in [1.54, 1.807) is 51.1 Å². The maximum absolute atomic E-state index is 13.4. The van der Waals surface area contributed by atoms with Crippen molar-refractivity contribution in [2.24, 2.45) is 0 Å². The minimum absolute atomic E-state index is 0.160. The molecule has 1 aliphatic rings. The molecule has 0 saturated carbocycles. The van der Waals surface area contributed by atoms with Crippen LogP contribution in [0.2, 0.25) is 0 Å². The summed E-state index contributed by atoms with van der Waals surface area (Å²) in [5.41, 5.74) is -0.292. The lowest BCUT2D eigenvalue weighted by molar-refractivity contribution is -0.299. The van der Waals surface area contributed by atoms with Crippen molar-refractivity contribution in [3.63, 3.8) is 0 Å². The lowest BCUT2D eigenvalue weighted by atomic mass is 9.94. The van der Waals surface area contributed by atoms with Gasteiger partial charge in [0, 0.05) is 34.6 Å². The Balaban J connectivity index is 2.60. The van der Waals surface area contributed by atoms with Crippen LogP contribution >= 0.6 is 0 Å². The Morgan fingerprint density at radius 2 is 1.40 bits per heavy atom. The van der Waals surface area contributed by atoms with Crippen molar-refractivity contribution in [3.8, 4) is 0 Å². The Kier molecular flexibility index (Phi) is 14.5. The summed E-state index contributed by atoms with van der Waals surface area (Å²) in [5, 5.41) is 2.43. The van der Waals surface area contributed by atoms with Gasteiger partial charge in [0.15, 0.2) is 24.5 Å². The quantitative estimate of drug-likeness (QED) is 0.248. The first-order chi connectivity index (χ1) is 22.3. The van der Waals surface area contributed by atoms with Crippen LogP contribution in [0.1, 0.15) is 67.9 Å². The fourth-order valence-corrected chi connectivity index (χ4v) is 4.82. The minimum atomic E-state index is -1.71. The lowest BCUT2D eigenvalue weighted by Gasteiger charge is -2.48. The molecule has 1 aromatic rings. The van der Waals surface area contributed by atoms with Crippen LogP contribution in [0.5, 0.6) is 0 Å². The molecule has 16 nitrogen and oxygen atoms in total. The van der Waals surface area contributed by atoms with E-state index in [4.69, 9.17) is 33.2 Å². The highest BCUT2D eigenvalue weighted by molar-refractivity contribution is 5.93. The van der Waals surface area contributed by atoms with E-state index in [1.165, 1.54) is 6.92 Å². The average molecular weight is 681 g/mol. The van der Waals surface area contributed by atoms with E-state index in [0.29, 0.717) is 10.5 Å². The van der Waals surface area contributed by atoms with Crippen LogP contribution in [0, 0.1) is 0 Å². The Bertz CT molecular complexity index is 1310. The molecule has 0 aliphatic carbocycles. The second kappa shape index (κ2) is 17.5. The summed E-state index contributed by atoms with van der Waals surface area (Å²) >= 11 is 0. The molecule has 0 aromatic heterocycles. The van der Waals surface area contributed by atoms with Crippen LogP contribution in [0.15, 0.2) is 30.3 Å². The highest BCUT2D eigenvalue weighted by Gasteiger charge is 2.55. The zero-order valence-corrected chi connectivity index (χ0v) is 28.5. The average Bonchev–Trinajstić information content (AvgIpc) is 2.95. The molecule has 2 rings (SSSR count). The molecule has 0 unspecified atom stereocenters. The second-order valence-electron chi connectivity index (χ2n) is 12.0. The summed E-state index contributed by atoms with van der Waals surface area (Å²) in [5.74, 6) is -5.04. The van der Waals surface area contributed by atoms with Gasteiger partial charge in [-0.3, -0.25) is 28.9 Å². The Morgan fingerprint density at radius 3 is 1.90 bits per heavy atom. The highest BCUT2D eigenvalue weighted by Crippen LogP contribution is 2.32. The number of esters is 4. The summed E-state index contributed by atoms with van der Waals surface area (Å²) in [6.45, 7) is 10.9. The van der Waals surface area contributed by atoms with E-state index in [1.807, 2.05) is 0 Å². The number of imide groups is 1. The molecule has 0 bridgehead atoms. The van der Waals surface area contributed by atoms with Crippen LogP contribution in [0.4, 0.5) is 4.79 Å². The maximum Gasteiger partial charge on any atom is 0.408 e. The molecule has 266 valence electrons. The van der Waals surface area contributed by atoms with Gasteiger partial charge < -0.3 is 38.5 Å². The summed E-state index contributed by atoms with van der Waals surface area (Å²) in [6, 6.07) is 5.56. The van der Waals surface area contributed by atoms with E-state index >= 15 is 0 Å². The van der Waals surface area contributed by atoms with Gasteiger partial charge in [-0.05, 0) is 33.3 Å². The monoisotopic (exact) mass is 680 g/mol. The predicted molar refractivity (Wildman–Crippen MR) is 163 cm³/mol. The number of alkyl carbamates (subject to hydrolysis) is 1. The van der Waals surface area contributed by atoms with Gasteiger partial charge in [0.25, 0.3) is 0 Å². The van der Waals surface area contributed by atoms with Crippen molar-refractivity contribution in [2.45, 2.75) is 117 Å². The Hall–Kier alpha value is -4.57. The standard InChI is InChI=1S/C32H44N2O14/c1-17(25(33-31(41)48-32(7,8)9)29(40)43-15-23-13-11-10-12-14-23)44-30-26(34(18(2)35)19(3)36)28(46-22(6)39)27(45-21(5)38)24(47-30)16-42-20(4)37/h10-14,17,24-28,30H,15-16H2,1-9H3,(H,33,41)/t17-,24-,25+,26-,27-,28-,30-/m1/s1. The van der Waals surface area contributed by atoms with Gasteiger partial charge in [0.1, 0.15) is 31.0 Å². The number of hydrogen-bond donors (Lipinski definition) is 1. The van der Waals surface area contributed by atoms with Crippen molar-refractivity contribution >= 4 is 41.8 Å². The van der Waals surface area contributed by atoms with E-state index < -0.39 is 96.8 Å². The third-order valence-corrected chi connectivity index (χ3v) is 6.61.